The van der Waals surface area contributed by atoms with E-state index in [0.29, 0.717) is 22.2 Å². The highest BCUT2D eigenvalue weighted by Crippen LogP contribution is 2.33. The van der Waals surface area contributed by atoms with Crippen molar-refractivity contribution < 1.29 is 14.3 Å². The average Bonchev–Trinajstić information content (AvgIpc) is 3.51. The first-order valence-corrected chi connectivity index (χ1v) is 13.3. The van der Waals surface area contributed by atoms with Gasteiger partial charge in [0, 0.05) is 34.9 Å². The number of anilines is 1. The number of hydrogen-bond acceptors (Lipinski definition) is 6. The number of carbonyl (C=O) groups is 2. The van der Waals surface area contributed by atoms with E-state index in [1.165, 1.54) is 24.0 Å². The highest BCUT2D eigenvalue weighted by atomic mass is 35.5. The Morgan fingerprint density at radius 2 is 1.97 bits per heavy atom. The van der Waals surface area contributed by atoms with E-state index in [2.05, 4.69) is 9.97 Å². The third kappa shape index (κ3) is 4.63. The van der Waals surface area contributed by atoms with E-state index in [1.54, 1.807) is 30.0 Å². The summed E-state index contributed by atoms with van der Waals surface area (Å²) in [6.45, 7) is 1.88. The fourth-order valence-electron chi connectivity index (χ4n) is 5.08. The number of hydrogen-bond donors (Lipinski definition) is 0. The number of aromatic nitrogens is 3. The van der Waals surface area contributed by atoms with Gasteiger partial charge in [0.2, 0.25) is 5.91 Å². The molecule has 0 spiro atoms. The predicted octanol–water partition coefficient (Wildman–Crippen LogP) is 6.06. The Morgan fingerprint density at radius 3 is 2.64 bits per heavy atom. The van der Waals surface area contributed by atoms with Gasteiger partial charge in [0.05, 0.1) is 24.6 Å². The van der Waals surface area contributed by atoms with Crippen LogP contribution in [0.5, 0.6) is 5.75 Å². The van der Waals surface area contributed by atoms with Gasteiger partial charge in [0.15, 0.2) is 5.13 Å². The zero-order valence-electron chi connectivity index (χ0n) is 20.2. The maximum absolute atomic E-state index is 13.9. The van der Waals surface area contributed by atoms with Crippen LogP contribution in [-0.4, -0.2) is 39.5 Å². The van der Waals surface area contributed by atoms with Gasteiger partial charge in [-0.3, -0.25) is 19.1 Å². The number of thiazole rings is 1. The van der Waals surface area contributed by atoms with Crippen LogP contribution < -0.4 is 9.64 Å². The number of benzene rings is 1. The summed E-state index contributed by atoms with van der Waals surface area (Å²) in [5.74, 6) is 0.426. The van der Waals surface area contributed by atoms with E-state index >= 15 is 0 Å². The van der Waals surface area contributed by atoms with E-state index in [9.17, 15) is 9.59 Å². The molecule has 1 amide bonds. The predicted molar refractivity (Wildman–Crippen MR) is 142 cm³/mol. The van der Waals surface area contributed by atoms with Gasteiger partial charge in [-0.2, -0.15) is 0 Å². The van der Waals surface area contributed by atoms with Gasteiger partial charge in [0.1, 0.15) is 10.9 Å². The van der Waals surface area contributed by atoms with E-state index in [-0.39, 0.29) is 24.3 Å². The largest absolute Gasteiger partial charge is 0.497 e. The van der Waals surface area contributed by atoms with Gasteiger partial charge in [0.25, 0.3) is 5.91 Å². The van der Waals surface area contributed by atoms with Crippen molar-refractivity contribution in [1.29, 1.82) is 0 Å². The van der Waals surface area contributed by atoms with Crippen LogP contribution in [0, 0.1) is 6.92 Å². The Labute approximate surface area is 218 Å². The molecule has 3 heterocycles. The standard InChI is InChI=1S/C27H27ClN4O3S/c1-17-21(15-25(33)32(27-29-12-13-36-27)19-6-4-3-5-7-19)22-14-20(35-2)9-10-23(22)31(17)26(34)18-8-11-24(28)30-16-18/h8-14,16,19H,3-7,15H2,1-2H3. The van der Waals surface area contributed by atoms with Crippen molar-refractivity contribution in [3.63, 3.8) is 0 Å². The minimum Gasteiger partial charge on any atom is -0.497 e. The van der Waals surface area contributed by atoms with Gasteiger partial charge < -0.3 is 4.74 Å². The fourth-order valence-corrected chi connectivity index (χ4v) is 5.92. The molecule has 3 aromatic heterocycles. The maximum Gasteiger partial charge on any atom is 0.264 e. The van der Waals surface area contributed by atoms with Gasteiger partial charge >= 0.3 is 0 Å². The second-order valence-corrected chi connectivity index (χ2v) is 10.3. The Hall–Kier alpha value is -3.23. The molecule has 5 rings (SSSR count). The first-order valence-electron chi connectivity index (χ1n) is 12.0. The summed E-state index contributed by atoms with van der Waals surface area (Å²) in [5, 5.41) is 3.77. The number of pyridine rings is 1. The molecule has 36 heavy (non-hydrogen) atoms. The van der Waals surface area contributed by atoms with Crippen molar-refractivity contribution in [2.24, 2.45) is 0 Å². The molecule has 1 aromatic carbocycles. The number of methoxy groups -OCH3 is 1. The Kier molecular flexibility index (Phi) is 7.07. The van der Waals surface area contributed by atoms with Crippen LogP contribution in [0.4, 0.5) is 5.13 Å². The van der Waals surface area contributed by atoms with E-state index in [0.717, 1.165) is 47.3 Å². The van der Waals surface area contributed by atoms with Crippen LogP contribution in [0.1, 0.15) is 53.7 Å². The molecule has 0 aliphatic heterocycles. The maximum atomic E-state index is 13.9. The molecule has 0 saturated heterocycles. The lowest BCUT2D eigenvalue weighted by Crippen LogP contribution is -2.42. The second-order valence-electron chi connectivity index (χ2n) is 9.00. The topological polar surface area (TPSA) is 77.3 Å². The molecule has 4 aromatic rings. The van der Waals surface area contributed by atoms with Crippen molar-refractivity contribution in [3.05, 3.63) is 70.1 Å². The molecule has 0 unspecified atom stereocenters. The number of halogens is 1. The van der Waals surface area contributed by atoms with E-state index in [4.69, 9.17) is 16.3 Å². The number of ether oxygens (including phenoxy) is 1. The Bertz CT molecular complexity index is 1390. The SMILES string of the molecule is COc1ccc2c(c1)c(CC(=O)N(c1nccs1)C1CCCCC1)c(C)n2C(=O)c1ccc(Cl)nc1. The fraction of sp³-hybridized carbons (Fsp3) is 0.333. The monoisotopic (exact) mass is 522 g/mol. The van der Waals surface area contributed by atoms with Gasteiger partial charge in [-0.15, -0.1) is 11.3 Å². The number of carbonyl (C=O) groups excluding carboxylic acids is 2. The zero-order chi connectivity index (χ0) is 25.2. The highest BCUT2D eigenvalue weighted by Gasteiger charge is 2.30. The lowest BCUT2D eigenvalue weighted by molar-refractivity contribution is -0.118. The normalized spacial score (nSPS) is 14.2. The third-order valence-corrected chi connectivity index (χ3v) is 7.88. The van der Waals surface area contributed by atoms with Crippen LogP contribution in [-0.2, 0) is 11.2 Å². The summed E-state index contributed by atoms with van der Waals surface area (Å²) >= 11 is 7.41. The lowest BCUT2D eigenvalue weighted by Gasteiger charge is -2.32. The minimum atomic E-state index is -0.227. The summed E-state index contributed by atoms with van der Waals surface area (Å²) in [6, 6.07) is 8.96. The van der Waals surface area contributed by atoms with E-state index in [1.807, 2.05) is 35.4 Å². The average molecular weight is 523 g/mol. The summed E-state index contributed by atoms with van der Waals surface area (Å²) in [5.41, 5.74) is 2.66. The third-order valence-electron chi connectivity index (χ3n) is 6.88. The number of amides is 1. The van der Waals surface area contributed by atoms with Crippen LogP contribution in [0.3, 0.4) is 0 Å². The first kappa shape index (κ1) is 24.5. The molecular weight excluding hydrogens is 496 g/mol. The Morgan fingerprint density at radius 1 is 1.17 bits per heavy atom. The van der Waals surface area contributed by atoms with Crippen molar-refractivity contribution in [2.45, 2.75) is 51.5 Å². The van der Waals surface area contributed by atoms with Crippen molar-refractivity contribution >= 4 is 50.8 Å². The highest BCUT2D eigenvalue weighted by molar-refractivity contribution is 7.13. The van der Waals surface area contributed by atoms with Crippen molar-refractivity contribution in [3.8, 4) is 5.75 Å². The van der Waals surface area contributed by atoms with Crippen LogP contribution in [0.15, 0.2) is 48.1 Å². The van der Waals surface area contributed by atoms with Crippen molar-refractivity contribution in [1.82, 2.24) is 14.5 Å². The van der Waals surface area contributed by atoms with Gasteiger partial charge in [-0.25, -0.2) is 9.97 Å². The summed E-state index contributed by atoms with van der Waals surface area (Å²) in [6.07, 6.45) is 8.73. The lowest BCUT2D eigenvalue weighted by atomic mass is 9.94. The van der Waals surface area contributed by atoms with Crippen LogP contribution in [0.2, 0.25) is 5.15 Å². The van der Waals surface area contributed by atoms with Gasteiger partial charge in [-0.05, 0) is 55.7 Å². The quantitative estimate of drug-likeness (QED) is 0.288. The molecular formula is C27H27ClN4O3S. The molecule has 1 fully saturated rings. The summed E-state index contributed by atoms with van der Waals surface area (Å²) in [7, 11) is 1.60. The molecule has 186 valence electrons. The first-order chi connectivity index (χ1) is 17.5. The molecule has 7 nitrogen and oxygen atoms in total. The zero-order valence-corrected chi connectivity index (χ0v) is 21.8. The number of fused-ring (bicyclic) bond motifs is 1. The molecule has 1 saturated carbocycles. The smallest absolute Gasteiger partial charge is 0.264 e. The summed E-state index contributed by atoms with van der Waals surface area (Å²) in [4.78, 5) is 37.9. The molecule has 0 atom stereocenters. The molecule has 0 N–H and O–H groups in total. The van der Waals surface area contributed by atoms with Crippen LogP contribution in [0.25, 0.3) is 10.9 Å². The molecule has 1 aliphatic carbocycles. The summed E-state index contributed by atoms with van der Waals surface area (Å²) < 4.78 is 7.12. The number of rotatable bonds is 6. The molecule has 0 radical (unpaired) electrons. The molecule has 0 bridgehead atoms. The molecule has 9 heteroatoms. The van der Waals surface area contributed by atoms with Crippen LogP contribution >= 0.6 is 22.9 Å². The molecule has 1 aliphatic rings. The number of nitrogens with zero attached hydrogens (tertiary/aromatic N) is 4. The Balaban J connectivity index is 1.58. The second kappa shape index (κ2) is 10.4. The van der Waals surface area contributed by atoms with E-state index < -0.39 is 0 Å². The minimum absolute atomic E-state index is 0.0116. The van der Waals surface area contributed by atoms with Crippen molar-refractivity contribution in [2.75, 3.05) is 12.0 Å². The van der Waals surface area contributed by atoms with Gasteiger partial charge in [-0.1, -0.05) is 30.9 Å².